The largest absolute Gasteiger partial charge is 0.444 e. The zero-order chi connectivity index (χ0) is 16.8. The standard InChI is InChI=1S/C16H24Cl2N2O2/c1-5-14(11-6-7-12(17)13(18)10-11)19-8-9-20-15(21)22-16(2,3)4/h6-7,10,14,19H,5,8-9H2,1-4H3,(H,20,21). The molecule has 0 aliphatic rings. The molecule has 0 saturated carbocycles. The number of hydrogen-bond acceptors (Lipinski definition) is 3. The molecular formula is C16H24Cl2N2O2. The molecule has 1 unspecified atom stereocenters. The van der Waals surface area contributed by atoms with Crippen LogP contribution in [0, 0.1) is 0 Å². The molecule has 0 aliphatic heterocycles. The number of carbonyl (C=O) groups is 1. The molecule has 0 aromatic heterocycles. The van der Waals surface area contributed by atoms with Crippen LogP contribution in [0.25, 0.3) is 0 Å². The molecule has 1 rings (SSSR count). The molecule has 1 atom stereocenters. The second-order valence-electron chi connectivity index (χ2n) is 6.02. The molecule has 0 bridgehead atoms. The smallest absolute Gasteiger partial charge is 0.407 e. The van der Waals surface area contributed by atoms with Crippen molar-refractivity contribution < 1.29 is 9.53 Å². The Hall–Kier alpha value is -0.970. The van der Waals surface area contributed by atoms with Gasteiger partial charge in [0.25, 0.3) is 0 Å². The SMILES string of the molecule is CCC(NCCNC(=O)OC(C)(C)C)c1ccc(Cl)c(Cl)c1. The molecule has 1 aromatic carbocycles. The van der Waals surface area contributed by atoms with Crippen LogP contribution in [-0.2, 0) is 4.74 Å². The molecule has 0 saturated heterocycles. The highest BCUT2D eigenvalue weighted by atomic mass is 35.5. The molecule has 2 N–H and O–H groups in total. The van der Waals surface area contributed by atoms with E-state index in [0.717, 1.165) is 12.0 Å². The predicted molar refractivity (Wildman–Crippen MR) is 91.7 cm³/mol. The number of nitrogens with one attached hydrogen (secondary N) is 2. The lowest BCUT2D eigenvalue weighted by atomic mass is 10.0. The third-order valence-corrected chi connectivity index (χ3v) is 3.68. The summed E-state index contributed by atoms with van der Waals surface area (Å²) in [7, 11) is 0. The topological polar surface area (TPSA) is 50.4 Å². The van der Waals surface area contributed by atoms with Gasteiger partial charge in [-0.1, -0.05) is 36.2 Å². The molecule has 0 aliphatic carbocycles. The third-order valence-electron chi connectivity index (χ3n) is 2.94. The van der Waals surface area contributed by atoms with Crippen LogP contribution in [0.3, 0.4) is 0 Å². The lowest BCUT2D eigenvalue weighted by molar-refractivity contribution is 0.0528. The molecule has 124 valence electrons. The molecule has 0 spiro atoms. The van der Waals surface area contributed by atoms with Gasteiger partial charge in [0.1, 0.15) is 5.60 Å². The molecule has 0 radical (unpaired) electrons. The lowest BCUT2D eigenvalue weighted by Gasteiger charge is -2.21. The van der Waals surface area contributed by atoms with Gasteiger partial charge in [0.05, 0.1) is 10.0 Å². The van der Waals surface area contributed by atoms with Gasteiger partial charge < -0.3 is 15.4 Å². The van der Waals surface area contributed by atoms with E-state index in [1.165, 1.54) is 0 Å². The molecule has 22 heavy (non-hydrogen) atoms. The molecular weight excluding hydrogens is 323 g/mol. The molecule has 0 fully saturated rings. The van der Waals surface area contributed by atoms with Gasteiger partial charge in [0.15, 0.2) is 0 Å². The fourth-order valence-corrected chi connectivity index (χ4v) is 2.26. The van der Waals surface area contributed by atoms with Crippen LogP contribution in [0.2, 0.25) is 10.0 Å². The molecule has 1 aromatic rings. The minimum Gasteiger partial charge on any atom is -0.444 e. The zero-order valence-electron chi connectivity index (χ0n) is 13.5. The number of hydrogen-bond donors (Lipinski definition) is 2. The van der Waals surface area contributed by atoms with Crippen LogP contribution >= 0.6 is 23.2 Å². The van der Waals surface area contributed by atoms with Crippen molar-refractivity contribution in [1.82, 2.24) is 10.6 Å². The maximum absolute atomic E-state index is 11.5. The number of rotatable bonds is 6. The highest BCUT2D eigenvalue weighted by Crippen LogP contribution is 2.26. The summed E-state index contributed by atoms with van der Waals surface area (Å²) in [6.45, 7) is 8.72. The second kappa shape index (κ2) is 8.61. The first-order chi connectivity index (χ1) is 10.2. The van der Waals surface area contributed by atoms with Crippen LogP contribution < -0.4 is 10.6 Å². The Kier molecular flexibility index (Phi) is 7.46. The van der Waals surface area contributed by atoms with Crippen LogP contribution in [-0.4, -0.2) is 24.8 Å². The van der Waals surface area contributed by atoms with Crippen LogP contribution in [0.15, 0.2) is 18.2 Å². The maximum Gasteiger partial charge on any atom is 0.407 e. The Morgan fingerprint density at radius 3 is 2.45 bits per heavy atom. The lowest BCUT2D eigenvalue weighted by Crippen LogP contribution is -2.37. The van der Waals surface area contributed by atoms with E-state index in [9.17, 15) is 4.79 Å². The van der Waals surface area contributed by atoms with Crippen molar-refractivity contribution in [2.24, 2.45) is 0 Å². The van der Waals surface area contributed by atoms with Crippen molar-refractivity contribution in [2.75, 3.05) is 13.1 Å². The van der Waals surface area contributed by atoms with Gasteiger partial charge in [-0.25, -0.2) is 4.79 Å². The zero-order valence-corrected chi connectivity index (χ0v) is 15.0. The fraction of sp³-hybridized carbons (Fsp3) is 0.562. The number of halogens is 2. The number of ether oxygens (including phenoxy) is 1. The van der Waals surface area contributed by atoms with Crippen LogP contribution in [0.4, 0.5) is 4.79 Å². The Morgan fingerprint density at radius 1 is 1.23 bits per heavy atom. The van der Waals surface area contributed by atoms with Gasteiger partial charge in [-0.3, -0.25) is 0 Å². The van der Waals surface area contributed by atoms with Gasteiger partial charge in [-0.15, -0.1) is 0 Å². The highest BCUT2D eigenvalue weighted by molar-refractivity contribution is 6.42. The Labute approximate surface area is 142 Å². The number of carbonyl (C=O) groups excluding carboxylic acids is 1. The summed E-state index contributed by atoms with van der Waals surface area (Å²) < 4.78 is 5.17. The Morgan fingerprint density at radius 2 is 1.91 bits per heavy atom. The summed E-state index contributed by atoms with van der Waals surface area (Å²) in [4.78, 5) is 11.5. The van der Waals surface area contributed by atoms with E-state index in [1.54, 1.807) is 6.07 Å². The normalized spacial score (nSPS) is 12.8. The van der Waals surface area contributed by atoms with E-state index in [-0.39, 0.29) is 6.04 Å². The fourth-order valence-electron chi connectivity index (χ4n) is 1.95. The van der Waals surface area contributed by atoms with Gasteiger partial charge >= 0.3 is 6.09 Å². The molecule has 0 heterocycles. The first kappa shape index (κ1) is 19.1. The quantitative estimate of drug-likeness (QED) is 0.742. The van der Waals surface area contributed by atoms with Gasteiger partial charge in [0, 0.05) is 19.1 Å². The van der Waals surface area contributed by atoms with Crippen molar-refractivity contribution in [3.63, 3.8) is 0 Å². The summed E-state index contributed by atoms with van der Waals surface area (Å²) in [5, 5.41) is 7.19. The second-order valence-corrected chi connectivity index (χ2v) is 6.83. The summed E-state index contributed by atoms with van der Waals surface area (Å²) in [6.07, 6.45) is 0.501. The highest BCUT2D eigenvalue weighted by Gasteiger charge is 2.15. The molecule has 1 amide bonds. The van der Waals surface area contributed by atoms with Crippen molar-refractivity contribution >= 4 is 29.3 Å². The summed E-state index contributed by atoms with van der Waals surface area (Å²) in [5.74, 6) is 0. The molecule has 4 nitrogen and oxygen atoms in total. The van der Waals surface area contributed by atoms with E-state index in [4.69, 9.17) is 27.9 Å². The van der Waals surface area contributed by atoms with E-state index >= 15 is 0 Å². The van der Waals surface area contributed by atoms with Crippen molar-refractivity contribution in [3.05, 3.63) is 33.8 Å². The average molecular weight is 347 g/mol. The van der Waals surface area contributed by atoms with E-state index in [1.807, 2.05) is 32.9 Å². The summed E-state index contributed by atoms with van der Waals surface area (Å²) in [6, 6.07) is 5.78. The monoisotopic (exact) mass is 346 g/mol. The number of benzene rings is 1. The van der Waals surface area contributed by atoms with Crippen molar-refractivity contribution in [2.45, 2.75) is 45.8 Å². The van der Waals surface area contributed by atoms with Gasteiger partial charge in [0.2, 0.25) is 0 Å². The number of alkyl carbamates (subject to hydrolysis) is 1. The van der Waals surface area contributed by atoms with E-state index in [0.29, 0.717) is 23.1 Å². The van der Waals surface area contributed by atoms with Crippen LogP contribution in [0.5, 0.6) is 0 Å². The minimum atomic E-state index is -0.483. The Balaban J connectivity index is 2.41. The van der Waals surface area contributed by atoms with E-state index in [2.05, 4.69) is 17.6 Å². The van der Waals surface area contributed by atoms with Crippen molar-refractivity contribution in [3.8, 4) is 0 Å². The predicted octanol–water partition coefficient (Wildman–Crippen LogP) is 4.56. The van der Waals surface area contributed by atoms with Gasteiger partial charge in [-0.05, 0) is 44.9 Å². The average Bonchev–Trinajstić information content (AvgIpc) is 2.40. The van der Waals surface area contributed by atoms with E-state index < -0.39 is 11.7 Å². The summed E-state index contributed by atoms with van der Waals surface area (Å²) >= 11 is 12.0. The third kappa shape index (κ3) is 6.86. The first-order valence-electron chi connectivity index (χ1n) is 7.38. The maximum atomic E-state index is 11.5. The van der Waals surface area contributed by atoms with Gasteiger partial charge in [-0.2, -0.15) is 0 Å². The molecule has 6 heteroatoms. The number of amides is 1. The minimum absolute atomic E-state index is 0.162. The van der Waals surface area contributed by atoms with Crippen LogP contribution in [0.1, 0.15) is 45.7 Å². The van der Waals surface area contributed by atoms with Crippen molar-refractivity contribution in [1.29, 1.82) is 0 Å². The summed E-state index contributed by atoms with van der Waals surface area (Å²) in [5.41, 5.74) is 0.595. The Bertz CT molecular complexity index is 501. The first-order valence-corrected chi connectivity index (χ1v) is 8.13.